The number of rotatable bonds is 2. The van der Waals surface area contributed by atoms with Crippen LogP contribution in [0.4, 0.5) is 0 Å². The molecule has 0 unspecified atom stereocenters. The fraction of sp³-hybridized carbons (Fsp3) is 0. The van der Waals surface area contributed by atoms with E-state index in [0.29, 0.717) is 28.6 Å². The first kappa shape index (κ1) is 13.2. The molecule has 0 radical (unpaired) electrons. The number of pyridine rings is 1. The fourth-order valence-electron chi connectivity index (χ4n) is 2.35. The van der Waals surface area contributed by atoms with Crippen molar-refractivity contribution in [2.24, 2.45) is 0 Å². The molecular weight excluding hydrogens is 288 g/mol. The summed E-state index contributed by atoms with van der Waals surface area (Å²) in [7, 11) is 0. The van der Waals surface area contributed by atoms with Gasteiger partial charge in [0.2, 0.25) is 5.89 Å². The molecule has 0 aliphatic rings. The van der Waals surface area contributed by atoms with E-state index in [1.54, 1.807) is 18.2 Å². The molecule has 23 heavy (non-hydrogen) atoms. The Kier molecular flexibility index (Phi) is 3.06. The number of nitriles is 1. The van der Waals surface area contributed by atoms with Crippen LogP contribution in [0.5, 0.6) is 0 Å². The topological polar surface area (TPSA) is 75.6 Å². The summed E-state index contributed by atoms with van der Waals surface area (Å²) in [6.07, 6.45) is 0. The van der Waals surface area contributed by atoms with Crippen molar-refractivity contribution in [3.8, 4) is 29.1 Å². The highest BCUT2D eigenvalue weighted by atomic mass is 16.4. The van der Waals surface area contributed by atoms with Gasteiger partial charge in [0.05, 0.1) is 17.1 Å². The minimum absolute atomic E-state index is 0.355. The molecule has 0 fully saturated rings. The van der Waals surface area contributed by atoms with E-state index in [1.807, 2.05) is 42.5 Å². The lowest BCUT2D eigenvalue weighted by atomic mass is 10.1. The van der Waals surface area contributed by atoms with Crippen molar-refractivity contribution in [2.75, 3.05) is 0 Å². The minimum Gasteiger partial charge on any atom is -0.415 e. The Bertz CT molecular complexity index is 1050. The van der Waals surface area contributed by atoms with Gasteiger partial charge in [-0.3, -0.25) is 0 Å². The lowest BCUT2D eigenvalue weighted by Crippen LogP contribution is -1.84. The van der Waals surface area contributed by atoms with Gasteiger partial charge in [-0.1, -0.05) is 30.3 Å². The average molecular weight is 298 g/mol. The summed E-state index contributed by atoms with van der Waals surface area (Å²) in [6, 6.07) is 20.8. The largest absolute Gasteiger partial charge is 0.415 e. The van der Waals surface area contributed by atoms with Crippen LogP contribution in [0.1, 0.15) is 5.56 Å². The molecule has 0 saturated heterocycles. The van der Waals surface area contributed by atoms with Crippen molar-refractivity contribution in [3.63, 3.8) is 0 Å². The van der Waals surface area contributed by atoms with Gasteiger partial charge in [-0.2, -0.15) is 5.26 Å². The quantitative estimate of drug-likeness (QED) is 0.562. The SMILES string of the molecule is N#Cc1cccc(-c2nnc(-c3ccc4ccccc4n3)o2)c1. The highest BCUT2D eigenvalue weighted by molar-refractivity contribution is 5.80. The number of benzene rings is 2. The number of para-hydroxylation sites is 1. The molecule has 0 aliphatic heterocycles. The van der Waals surface area contributed by atoms with E-state index in [4.69, 9.17) is 9.68 Å². The molecule has 0 N–H and O–H groups in total. The predicted octanol–water partition coefficient (Wildman–Crippen LogP) is 3.82. The maximum absolute atomic E-state index is 8.97. The Morgan fingerprint density at radius 2 is 1.74 bits per heavy atom. The van der Waals surface area contributed by atoms with Crippen molar-refractivity contribution in [1.29, 1.82) is 5.26 Å². The number of nitrogens with zero attached hydrogens (tertiary/aromatic N) is 4. The normalized spacial score (nSPS) is 10.6. The first-order chi connectivity index (χ1) is 11.3. The van der Waals surface area contributed by atoms with Gasteiger partial charge in [-0.05, 0) is 30.3 Å². The second-order valence-corrected chi connectivity index (χ2v) is 4.99. The third kappa shape index (κ3) is 2.43. The Balaban J connectivity index is 1.75. The highest BCUT2D eigenvalue weighted by Gasteiger charge is 2.12. The van der Waals surface area contributed by atoms with Gasteiger partial charge in [-0.15, -0.1) is 10.2 Å². The van der Waals surface area contributed by atoms with Gasteiger partial charge in [0, 0.05) is 10.9 Å². The Hall–Kier alpha value is -3.52. The summed E-state index contributed by atoms with van der Waals surface area (Å²) in [4.78, 5) is 4.54. The first-order valence-corrected chi connectivity index (χ1v) is 7.04. The second kappa shape index (κ2) is 5.35. The summed E-state index contributed by atoms with van der Waals surface area (Å²) >= 11 is 0. The number of hydrogen-bond acceptors (Lipinski definition) is 5. The van der Waals surface area contributed by atoms with Crippen LogP contribution < -0.4 is 0 Å². The van der Waals surface area contributed by atoms with E-state index in [-0.39, 0.29) is 0 Å². The van der Waals surface area contributed by atoms with Gasteiger partial charge in [0.15, 0.2) is 0 Å². The maximum atomic E-state index is 8.97. The molecule has 0 aliphatic carbocycles. The Morgan fingerprint density at radius 1 is 0.870 bits per heavy atom. The molecule has 5 heteroatoms. The third-order valence-electron chi connectivity index (χ3n) is 3.48. The van der Waals surface area contributed by atoms with Gasteiger partial charge < -0.3 is 4.42 Å². The van der Waals surface area contributed by atoms with Crippen LogP contribution in [0.25, 0.3) is 33.9 Å². The molecule has 0 atom stereocenters. The van der Waals surface area contributed by atoms with Crippen molar-refractivity contribution in [1.82, 2.24) is 15.2 Å². The number of hydrogen-bond donors (Lipinski definition) is 0. The smallest absolute Gasteiger partial charge is 0.266 e. The van der Waals surface area contributed by atoms with Crippen molar-refractivity contribution in [2.45, 2.75) is 0 Å². The van der Waals surface area contributed by atoms with Crippen LogP contribution in [0.2, 0.25) is 0 Å². The molecule has 2 aromatic heterocycles. The predicted molar refractivity (Wildman–Crippen MR) is 85.2 cm³/mol. The molecule has 4 rings (SSSR count). The van der Waals surface area contributed by atoms with Gasteiger partial charge in [-0.25, -0.2) is 4.98 Å². The van der Waals surface area contributed by atoms with E-state index < -0.39 is 0 Å². The van der Waals surface area contributed by atoms with Crippen LogP contribution >= 0.6 is 0 Å². The Morgan fingerprint density at radius 3 is 2.65 bits per heavy atom. The highest BCUT2D eigenvalue weighted by Crippen LogP contribution is 2.24. The standard InChI is InChI=1S/C18H10N4O/c19-11-12-4-3-6-14(10-12)17-21-22-18(23-17)16-9-8-13-5-1-2-7-15(13)20-16/h1-10H. The first-order valence-electron chi connectivity index (χ1n) is 7.04. The van der Waals surface area contributed by atoms with Gasteiger partial charge in [0.25, 0.3) is 5.89 Å². The fourth-order valence-corrected chi connectivity index (χ4v) is 2.35. The van der Waals surface area contributed by atoms with Crippen molar-refractivity contribution in [3.05, 3.63) is 66.2 Å². The zero-order chi connectivity index (χ0) is 15.6. The van der Waals surface area contributed by atoms with Crippen LogP contribution in [-0.2, 0) is 0 Å². The summed E-state index contributed by atoms with van der Waals surface area (Å²) in [5, 5.41) is 18.1. The van der Waals surface area contributed by atoms with E-state index >= 15 is 0 Å². The number of fused-ring (bicyclic) bond motifs is 1. The molecule has 2 aromatic carbocycles. The molecule has 108 valence electrons. The maximum Gasteiger partial charge on any atom is 0.266 e. The van der Waals surface area contributed by atoms with E-state index in [9.17, 15) is 0 Å². The molecule has 0 saturated carbocycles. The zero-order valence-electron chi connectivity index (χ0n) is 12.0. The van der Waals surface area contributed by atoms with E-state index in [2.05, 4.69) is 21.3 Å². The van der Waals surface area contributed by atoms with Crippen molar-refractivity contribution >= 4 is 10.9 Å². The Labute approximate surface area is 131 Å². The molecule has 0 spiro atoms. The lowest BCUT2D eigenvalue weighted by molar-refractivity contribution is 0.582. The summed E-state index contributed by atoms with van der Waals surface area (Å²) in [5.41, 5.74) is 2.75. The average Bonchev–Trinajstić information content (AvgIpc) is 3.11. The lowest BCUT2D eigenvalue weighted by Gasteiger charge is -1.98. The minimum atomic E-state index is 0.355. The molecule has 4 aromatic rings. The molecular formula is C18H10N4O. The van der Waals surface area contributed by atoms with Crippen LogP contribution in [0.3, 0.4) is 0 Å². The second-order valence-electron chi connectivity index (χ2n) is 4.99. The van der Waals surface area contributed by atoms with Crippen LogP contribution in [0, 0.1) is 11.3 Å². The molecule has 2 heterocycles. The molecule has 5 nitrogen and oxygen atoms in total. The monoisotopic (exact) mass is 298 g/mol. The molecule has 0 bridgehead atoms. The summed E-state index contributed by atoms with van der Waals surface area (Å²) in [5.74, 6) is 0.722. The van der Waals surface area contributed by atoms with E-state index in [1.165, 1.54) is 0 Å². The van der Waals surface area contributed by atoms with Crippen LogP contribution in [-0.4, -0.2) is 15.2 Å². The number of aromatic nitrogens is 3. The molecule has 0 amide bonds. The van der Waals surface area contributed by atoms with Crippen LogP contribution in [0.15, 0.2) is 65.1 Å². The zero-order valence-corrected chi connectivity index (χ0v) is 12.0. The van der Waals surface area contributed by atoms with Crippen molar-refractivity contribution < 1.29 is 4.42 Å². The third-order valence-corrected chi connectivity index (χ3v) is 3.48. The van der Waals surface area contributed by atoms with E-state index in [0.717, 1.165) is 10.9 Å². The van der Waals surface area contributed by atoms with Gasteiger partial charge in [0.1, 0.15) is 5.69 Å². The summed E-state index contributed by atoms with van der Waals surface area (Å²) in [6.45, 7) is 0. The summed E-state index contributed by atoms with van der Waals surface area (Å²) < 4.78 is 5.71. The van der Waals surface area contributed by atoms with Gasteiger partial charge >= 0.3 is 0 Å².